The number of carbonyl (C=O) groups excluding carboxylic acids is 1. The van der Waals surface area contributed by atoms with Crippen LogP contribution in [0.25, 0.3) is 0 Å². The van der Waals surface area contributed by atoms with Crippen LogP contribution in [0.4, 0.5) is 4.39 Å². The number of halogens is 1. The number of hydrogen-bond donors (Lipinski definition) is 0. The maximum atomic E-state index is 13.1. The van der Waals surface area contributed by atoms with Crippen LogP contribution < -0.4 is 4.74 Å². The van der Waals surface area contributed by atoms with Gasteiger partial charge in [0, 0.05) is 18.2 Å². The van der Waals surface area contributed by atoms with Crippen LogP contribution in [0.15, 0.2) is 54.9 Å². The zero-order valence-electron chi connectivity index (χ0n) is 13.8. The molecule has 0 unspecified atom stereocenters. The molecule has 1 heterocycles. The second-order valence-corrected chi connectivity index (χ2v) is 5.37. The second kappa shape index (κ2) is 7.02. The summed E-state index contributed by atoms with van der Waals surface area (Å²) in [4.78, 5) is 16.9. The third-order valence-corrected chi connectivity index (χ3v) is 3.67. The van der Waals surface area contributed by atoms with Crippen molar-refractivity contribution in [3.05, 3.63) is 83.2 Å². The van der Waals surface area contributed by atoms with Gasteiger partial charge in [-0.25, -0.2) is 9.37 Å². The van der Waals surface area contributed by atoms with Gasteiger partial charge in [-0.2, -0.15) is 0 Å². The highest BCUT2D eigenvalue weighted by atomic mass is 19.1. The molecule has 0 radical (unpaired) electrons. The first-order valence-electron chi connectivity index (χ1n) is 7.56. The van der Waals surface area contributed by atoms with E-state index in [0.29, 0.717) is 17.0 Å². The quantitative estimate of drug-likeness (QED) is 0.546. The van der Waals surface area contributed by atoms with Gasteiger partial charge < -0.3 is 9.30 Å². The van der Waals surface area contributed by atoms with Gasteiger partial charge in [-0.05, 0) is 54.5 Å². The number of aromatic nitrogens is 2. The minimum Gasteiger partial charge on any atom is -0.497 e. The molecule has 0 saturated heterocycles. The number of hydrogen-bond acceptors (Lipinski definition) is 3. The van der Waals surface area contributed by atoms with Gasteiger partial charge in [-0.15, -0.1) is 0 Å². The Morgan fingerprint density at radius 3 is 2.40 bits per heavy atom. The Hall–Kier alpha value is -3.39. The van der Waals surface area contributed by atoms with Crippen molar-refractivity contribution < 1.29 is 13.9 Å². The number of rotatable bonds is 3. The lowest BCUT2D eigenvalue weighted by Crippen LogP contribution is -2.09. The number of ketones is 1. The lowest BCUT2D eigenvalue weighted by molar-refractivity contribution is 0.103. The Morgan fingerprint density at radius 1 is 1.08 bits per heavy atom. The molecule has 0 amide bonds. The molecule has 3 rings (SSSR count). The van der Waals surface area contributed by atoms with Crippen molar-refractivity contribution in [1.82, 2.24) is 9.55 Å². The summed E-state index contributed by atoms with van der Waals surface area (Å²) in [5.41, 5.74) is 1.92. The molecule has 3 aromatic rings. The molecule has 0 aliphatic carbocycles. The van der Waals surface area contributed by atoms with Crippen LogP contribution in [0.2, 0.25) is 0 Å². The third kappa shape index (κ3) is 3.59. The van der Waals surface area contributed by atoms with Gasteiger partial charge in [-0.1, -0.05) is 5.92 Å². The Balaban J connectivity index is 1.93. The van der Waals surface area contributed by atoms with Crippen LogP contribution in [-0.2, 0) is 7.05 Å². The molecule has 5 heteroatoms. The first-order valence-corrected chi connectivity index (χ1v) is 7.56. The summed E-state index contributed by atoms with van der Waals surface area (Å²) in [7, 11) is 3.32. The molecule has 0 aliphatic rings. The van der Waals surface area contributed by atoms with Crippen molar-refractivity contribution in [2.24, 2.45) is 7.05 Å². The summed E-state index contributed by atoms with van der Waals surface area (Å²) in [5, 5.41) is 0. The Bertz CT molecular complexity index is 962. The van der Waals surface area contributed by atoms with Crippen molar-refractivity contribution in [3.8, 4) is 17.6 Å². The van der Waals surface area contributed by atoms with Gasteiger partial charge in [0.05, 0.1) is 13.4 Å². The van der Waals surface area contributed by atoms with Crippen LogP contribution in [0, 0.1) is 17.7 Å². The monoisotopic (exact) mass is 334 g/mol. The number of carbonyl (C=O) groups is 1. The molecule has 0 atom stereocenters. The predicted octanol–water partition coefficient (Wildman–Crippen LogP) is 3.20. The summed E-state index contributed by atoms with van der Waals surface area (Å²) >= 11 is 0. The fraction of sp³-hybridized carbons (Fsp3) is 0.100. The zero-order valence-corrected chi connectivity index (χ0v) is 13.8. The molecule has 1 aromatic heterocycles. The first-order chi connectivity index (χ1) is 12.1. The van der Waals surface area contributed by atoms with Gasteiger partial charge in [0.25, 0.3) is 0 Å². The second-order valence-electron chi connectivity index (χ2n) is 5.37. The number of nitrogens with zero attached hydrogens (tertiary/aromatic N) is 2. The Kier molecular flexibility index (Phi) is 4.62. The van der Waals surface area contributed by atoms with Crippen LogP contribution in [-0.4, -0.2) is 22.4 Å². The average Bonchev–Trinajstić information content (AvgIpc) is 3.01. The summed E-state index contributed by atoms with van der Waals surface area (Å²) in [6, 6.07) is 12.7. The van der Waals surface area contributed by atoms with Crippen molar-refractivity contribution in [1.29, 1.82) is 0 Å². The molecule has 0 saturated carbocycles. The van der Waals surface area contributed by atoms with Crippen LogP contribution in [0.1, 0.15) is 27.3 Å². The number of imidazole rings is 1. The van der Waals surface area contributed by atoms with Crippen molar-refractivity contribution >= 4 is 5.78 Å². The van der Waals surface area contributed by atoms with E-state index in [1.807, 2.05) is 24.3 Å². The smallest absolute Gasteiger partial charge is 0.212 e. The number of ether oxygens (including phenoxy) is 1. The standard InChI is InChI=1S/C20H15FN2O2/c1-23-13-22-18(12-5-14-3-10-17(25-2)11-4-14)19(23)20(24)15-6-8-16(21)9-7-15/h3-4,6-11,13H,1-2H3. The molecular formula is C20H15FN2O2. The highest BCUT2D eigenvalue weighted by Gasteiger charge is 2.17. The van der Waals surface area contributed by atoms with E-state index in [0.717, 1.165) is 11.3 Å². The van der Waals surface area contributed by atoms with Gasteiger partial charge >= 0.3 is 0 Å². The summed E-state index contributed by atoms with van der Waals surface area (Å²) < 4.78 is 19.8. The Labute approximate surface area is 144 Å². The summed E-state index contributed by atoms with van der Waals surface area (Å²) in [6.07, 6.45) is 1.54. The first kappa shape index (κ1) is 16.5. The van der Waals surface area contributed by atoms with Crippen LogP contribution in [0.3, 0.4) is 0 Å². The normalized spacial score (nSPS) is 10.0. The van der Waals surface area contributed by atoms with E-state index in [9.17, 15) is 9.18 Å². The van der Waals surface area contributed by atoms with Gasteiger partial charge in [0.1, 0.15) is 23.0 Å². The van der Waals surface area contributed by atoms with E-state index in [-0.39, 0.29) is 11.6 Å². The lowest BCUT2D eigenvalue weighted by Gasteiger charge is -2.03. The topological polar surface area (TPSA) is 44.1 Å². The van der Waals surface area contributed by atoms with Crippen molar-refractivity contribution in [3.63, 3.8) is 0 Å². The van der Waals surface area contributed by atoms with Crippen molar-refractivity contribution in [2.75, 3.05) is 7.11 Å². The number of methoxy groups -OCH3 is 1. The fourth-order valence-corrected chi connectivity index (χ4v) is 2.33. The highest BCUT2D eigenvalue weighted by Crippen LogP contribution is 2.14. The molecule has 0 N–H and O–H groups in total. The lowest BCUT2D eigenvalue weighted by atomic mass is 10.1. The molecular weight excluding hydrogens is 319 g/mol. The van der Waals surface area contributed by atoms with E-state index in [2.05, 4.69) is 16.8 Å². The fourth-order valence-electron chi connectivity index (χ4n) is 2.33. The number of benzene rings is 2. The third-order valence-electron chi connectivity index (χ3n) is 3.67. The summed E-state index contributed by atoms with van der Waals surface area (Å²) in [6.45, 7) is 0. The van der Waals surface area contributed by atoms with Crippen molar-refractivity contribution in [2.45, 2.75) is 0 Å². The molecule has 25 heavy (non-hydrogen) atoms. The zero-order chi connectivity index (χ0) is 17.8. The molecule has 4 nitrogen and oxygen atoms in total. The molecule has 0 aliphatic heterocycles. The Morgan fingerprint density at radius 2 is 1.76 bits per heavy atom. The molecule has 124 valence electrons. The van der Waals surface area contributed by atoms with Crippen LogP contribution in [0.5, 0.6) is 5.75 Å². The number of aryl methyl sites for hydroxylation is 1. The summed E-state index contributed by atoms with van der Waals surface area (Å²) in [5.74, 6) is 6.03. The van der Waals surface area contributed by atoms with E-state index in [1.54, 1.807) is 18.7 Å². The van der Waals surface area contributed by atoms with Crippen LogP contribution >= 0.6 is 0 Å². The van der Waals surface area contributed by atoms with E-state index in [4.69, 9.17) is 4.74 Å². The maximum Gasteiger partial charge on any atom is 0.212 e. The minimum absolute atomic E-state index is 0.251. The van der Waals surface area contributed by atoms with E-state index in [1.165, 1.54) is 30.6 Å². The van der Waals surface area contributed by atoms with Gasteiger partial charge in [-0.3, -0.25) is 4.79 Å². The molecule has 0 bridgehead atoms. The molecule has 0 fully saturated rings. The average molecular weight is 334 g/mol. The highest BCUT2D eigenvalue weighted by molar-refractivity contribution is 6.09. The largest absolute Gasteiger partial charge is 0.497 e. The van der Waals surface area contributed by atoms with E-state index < -0.39 is 0 Å². The molecule has 0 spiro atoms. The van der Waals surface area contributed by atoms with E-state index >= 15 is 0 Å². The maximum absolute atomic E-state index is 13.1. The van der Waals surface area contributed by atoms with Gasteiger partial charge in [0.15, 0.2) is 0 Å². The SMILES string of the molecule is COc1ccc(C#Cc2ncn(C)c2C(=O)c2ccc(F)cc2)cc1. The molecule has 2 aromatic carbocycles. The predicted molar refractivity (Wildman–Crippen MR) is 92.0 cm³/mol. The minimum atomic E-state index is -0.388. The van der Waals surface area contributed by atoms with Gasteiger partial charge in [0.2, 0.25) is 5.78 Å².